The Morgan fingerprint density at radius 2 is 1.67 bits per heavy atom. The Bertz CT molecular complexity index is 1140. The smallest absolute Gasteiger partial charge is 0.349 e. The first-order chi connectivity index (χ1) is 14.3. The molecule has 0 aliphatic carbocycles. The molecule has 0 fully saturated rings. The van der Waals surface area contributed by atoms with Gasteiger partial charge < -0.3 is 9.47 Å². The Morgan fingerprint density at radius 3 is 2.30 bits per heavy atom. The van der Waals surface area contributed by atoms with Gasteiger partial charge in [0, 0.05) is 29.2 Å². The predicted molar refractivity (Wildman–Crippen MR) is 101 cm³/mol. The maximum Gasteiger partial charge on any atom is 0.349 e. The third kappa shape index (κ3) is 4.48. The topological polar surface area (TPSA) is 35.5 Å². The maximum absolute atomic E-state index is 14.3. The van der Waals surface area contributed by atoms with Gasteiger partial charge in [0.15, 0.2) is 0 Å². The van der Waals surface area contributed by atoms with Crippen molar-refractivity contribution in [1.29, 1.82) is 0 Å². The summed E-state index contributed by atoms with van der Waals surface area (Å²) in [5.41, 5.74) is -1.23. The Labute approximate surface area is 167 Å². The minimum Gasteiger partial charge on any atom is -0.489 e. The van der Waals surface area contributed by atoms with Crippen LogP contribution in [0.15, 0.2) is 61.2 Å². The SMILES string of the molecule is C=CCOc1cc(F)c(C(=O)Oc2ccc3c(F)c(C=C(F)F)ccc3c2)c(F)c1. The molecule has 3 nitrogen and oxygen atoms in total. The molecule has 0 aliphatic heterocycles. The molecule has 3 aromatic carbocycles. The van der Waals surface area contributed by atoms with Gasteiger partial charge in [0.2, 0.25) is 0 Å². The van der Waals surface area contributed by atoms with Crippen molar-refractivity contribution in [3.05, 3.63) is 89.8 Å². The van der Waals surface area contributed by atoms with Crippen molar-refractivity contribution in [3.8, 4) is 11.5 Å². The number of benzene rings is 3. The summed E-state index contributed by atoms with van der Waals surface area (Å²) in [5.74, 6) is -4.80. The molecule has 0 amide bonds. The minimum atomic E-state index is -2.05. The fraction of sp³-hybridized carbons (Fsp3) is 0.0455. The van der Waals surface area contributed by atoms with Crippen LogP contribution in [0.4, 0.5) is 22.0 Å². The zero-order valence-electron chi connectivity index (χ0n) is 15.2. The lowest BCUT2D eigenvalue weighted by molar-refractivity contribution is 0.0724. The van der Waals surface area contributed by atoms with E-state index >= 15 is 0 Å². The van der Waals surface area contributed by atoms with Crippen LogP contribution in [0.5, 0.6) is 11.5 Å². The second-order valence-electron chi connectivity index (χ2n) is 6.04. The van der Waals surface area contributed by atoms with Crippen molar-refractivity contribution in [2.75, 3.05) is 6.61 Å². The van der Waals surface area contributed by atoms with E-state index in [0.717, 1.165) is 18.2 Å². The largest absolute Gasteiger partial charge is 0.489 e. The molecule has 0 heterocycles. The molecule has 0 aliphatic rings. The highest BCUT2D eigenvalue weighted by Gasteiger charge is 2.22. The van der Waals surface area contributed by atoms with E-state index < -0.39 is 35.1 Å². The van der Waals surface area contributed by atoms with Gasteiger partial charge in [0.05, 0.1) is 0 Å². The van der Waals surface area contributed by atoms with Gasteiger partial charge >= 0.3 is 5.97 Å². The first kappa shape index (κ1) is 21.0. The highest BCUT2D eigenvalue weighted by atomic mass is 19.3. The number of rotatable bonds is 6. The van der Waals surface area contributed by atoms with Gasteiger partial charge in [-0.15, -0.1) is 0 Å². The molecule has 0 radical (unpaired) electrons. The number of esters is 1. The number of fused-ring (bicyclic) bond motifs is 1. The minimum absolute atomic E-state index is 0.00544. The molecule has 0 spiro atoms. The zero-order valence-corrected chi connectivity index (χ0v) is 15.2. The van der Waals surface area contributed by atoms with Gasteiger partial charge in [-0.25, -0.2) is 18.0 Å². The third-order valence-electron chi connectivity index (χ3n) is 4.02. The van der Waals surface area contributed by atoms with E-state index in [9.17, 15) is 26.7 Å². The Morgan fingerprint density at radius 1 is 0.967 bits per heavy atom. The lowest BCUT2D eigenvalue weighted by Crippen LogP contribution is -2.13. The molecule has 8 heteroatoms. The van der Waals surface area contributed by atoms with Crippen LogP contribution in [-0.2, 0) is 0 Å². The van der Waals surface area contributed by atoms with Gasteiger partial charge in [-0.1, -0.05) is 24.8 Å². The van der Waals surface area contributed by atoms with E-state index in [1.165, 1.54) is 30.3 Å². The monoisotopic (exact) mass is 420 g/mol. The van der Waals surface area contributed by atoms with Gasteiger partial charge in [0.1, 0.15) is 41.1 Å². The fourth-order valence-electron chi connectivity index (χ4n) is 2.72. The maximum atomic E-state index is 14.3. The van der Waals surface area contributed by atoms with E-state index in [0.29, 0.717) is 6.08 Å². The van der Waals surface area contributed by atoms with E-state index in [1.807, 2.05) is 0 Å². The lowest BCUT2D eigenvalue weighted by atomic mass is 10.1. The van der Waals surface area contributed by atoms with Crippen LogP contribution >= 0.6 is 0 Å². The van der Waals surface area contributed by atoms with Crippen molar-refractivity contribution in [1.82, 2.24) is 0 Å². The van der Waals surface area contributed by atoms with Crippen LogP contribution in [0.3, 0.4) is 0 Å². The summed E-state index contributed by atoms with van der Waals surface area (Å²) in [6, 6.07) is 7.77. The molecular formula is C22H13F5O3. The number of carbonyl (C=O) groups is 1. The van der Waals surface area contributed by atoms with Crippen molar-refractivity contribution in [2.24, 2.45) is 0 Å². The second kappa shape index (κ2) is 8.77. The average molecular weight is 420 g/mol. The molecule has 3 aromatic rings. The van der Waals surface area contributed by atoms with Crippen LogP contribution in [0.25, 0.3) is 16.8 Å². The Hall–Kier alpha value is -3.68. The normalized spacial score (nSPS) is 10.6. The molecule has 0 unspecified atom stereocenters. The summed E-state index contributed by atoms with van der Waals surface area (Å²) >= 11 is 0. The molecule has 154 valence electrons. The number of carbonyl (C=O) groups excluding carboxylic acids is 1. The van der Waals surface area contributed by atoms with Crippen LogP contribution in [0.1, 0.15) is 15.9 Å². The van der Waals surface area contributed by atoms with Gasteiger partial charge in [-0.2, -0.15) is 8.78 Å². The summed E-state index contributed by atoms with van der Waals surface area (Å²) in [6.07, 6.45) is -0.284. The van der Waals surface area contributed by atoms with Crippen molar-refractivity contribution in [2.45, 2.75) is 0 Å². The molecular weight excluding hydrogens is 407 g/mol. The average Bonchev–Trinajstić information content (AvgIpc) is 2.67. The van der Waals surface area contributed by atoms with Crippen LogP contribution in [0, 0.1) is 17.5 Å². The predicted octanol–water partition coefficient (Wildman–Crippen LogP) is 6.28. The Balaban J connectivity index is 1.88. The first-order valence-electron chi connectivity index (χ1n) is 8.50. The van der Waals surface area contributed by atoms with Crippen molar-refractivity contribution in [3.63, 3.8) is 0 Å². The number of hydrogen-bond donors (Lipinski definition) is 0. The lowest BCUT2D eigenvalue weighted by Gasteiger charge is -2.10. The highest BCUT2D eigenvalue weighted by Crippen LogP contribution is 2.28. The van der Waals surface area contributed by atoms with Crippen LogP contribution in [-0.4, -0.2) is 12.6 Å². The molecule has 0 saturated heterocycles. The van der Waals surface area contributed by atoms with E-state index in [1.54, 1.807) is 0 Å². The van der Waals surface area contributed by atoms with Gasteiger partial charge in [-0.05, 0) is 23.6 Å². The first-order valence-corrected chi connectivity index (χ1v) is 8.50. The number of halogens is 5. The molecule has 3 rings (SSSR count). The summed E-state index contributed by atoms with van der Waals surface area (Å²) in [5, 5.41) is 0.245. The Kier molecular flexibility index (Phi) is 6.15. The number of ether oxygens (including phenoxy) is 2. The van der Waals surface area contributed by atoms with Gasteiger partial charge in [-0.3, -0.25) is 0 Å². The van der Waals surface area contributed by atoms with Crippen LogP contribution in [0.2, 0.25) is 0 Å². The molecule has 0 saturated carbocycles. The summed E-state index contributed by atoms with van der Waals surface area (Å²) in [6.45, 7) is 3.43. The summed E-state index contributed by atoms with van der Waals surface area (Å²) in [7, 11) is 0. The van der Waals surface area contributed by atoms with Crippen LogP contribution < -0.4 is 9.47 Å². The van der Waals surface area contributed by atoms with E-state index in [-0.39, 0.29) is 34.4 Å². The summed E-state index contributed by atoms with van der Waals surface area (Å²) < 4.78 is 77.5. The zero-order chi connectivity index (χ0) is 21.8. The number of hydrogen-bond acceptors (Lipinski definition) is 3. The summed E-state index contributed by atoms with van der Waals surface area (Å²) in [4.78, 5) is 12.2. The van der Waals surface area contributed by atoms with E-state index in [2.05, 4.69) is 6.58 Å². The standard InChI is InChI=1S/C22H13F5O3/c1-2-7-29-15-10-17(23)20(18(24)11-15)22(28)30-14-5-6-16-12(8-14)3-4-13(21(16)27)9-19(25)26/h2-6,8-11H,1,7H2. The molecule has 0 bridgehead atoms. The molecule has 0 N–H and O–H groups in total. The van der Waals surface area contributed by atoms with Crippen molar-refractivity contribution < 1.29 is 36.2 Å². The molecule has 0 atom stereocenters. The van der Waals surface area contributed by atoms with E-state index in [4.69, 9.17) is 9.47 Å². The second-order valence-corrected chi connectivity index (χ2v) is 6.04. The fourth-order valence-corrected chi connectivity index (χ4v) is 2.72. The van der Waals surface area contributed by atoms with Crippen molar-refractivity contribution >= 4 is 22.8 Å². The highest BCUT2D eigenvalue weighted by molar-refractivity contribution is 5.93. The third-order valence-corrected chi connectivity index (χ3v) is 4.02. The quantitative estimate of drug-likeness (QED) is 0.204. The molecule has 0 aromatic heterocycles. The molecule has 30 heavy (non-hydrogen) atoms. The van der Waals surface area contributed by atoms with Gasteiger partial charge in [0.25, 0.3) is 6.08 Å².